The fourth-order valence-corrected chi connectivity index (χ4v) is 1.55. The molecule has 1 fully saturated rings. The molecule has 1 atom stereocenters. The van der Waals surface area contributed by atoms with Crippen molar-refractivity contribution < 1.29 is 9.53 Å². The zero-order valence-corrected chi connectivity index (χ0v) is 9.03. The molecule has 0 radical (unpaired) electrons. The van der Waals surface area contributed by atoms with Crippen molar-refractivity contribution in [3.63, 3.8) is 0 Å². The van der Waals surface area contributed by atoms with Gasteiger partial charge in [0.15, 0.2) is 0 Å². The molecule has 1 amide bonds. The summed E-state index contributed by atoms with van der Waals surface area (Å²) >= 11 is 0. The van der Waals surface area contributed by atoms with Gasteiger partial charge in [-0.05, 0) is 6.92 Å². The van der Waals surface area contributed by atoms with Gasteiger partial charge in [-0.3, -0.25) is 9.69 Å². The maximum atomic E-state index is 11.4. The molecule has 5 nitrogen and oxygen atoms in total. The lowest BCUT2D eigenvalue weighted by molar-refractivity contribution is -0.124. The van der Waals surface area contributed by atoms with E-state index in [1.54, 1.807) is 0 Å². The van der Waals surface area contributed by atoms with Crippen LogP contribution in [0, 0.1) is 11.3 Å². The van der Waals surface area contributed by atoms with Gasteiger partial charge in [0.2, 0.25) is 5.91 Å². The zero-order valence-electron chi connectivity index (χ0n) is 9.03. The molecule has 0 aliphatic carbocycles. The van der Waals surface area contributed by atoms with E-state index in [1.165, 1.54) is 0 Å². The van der Waals surface area contributed by atoms with Gasteiger partial charge in [0.1, 0.15) is 0 Å². The lowest BCUT2D eigenvalue weighted by Crippen LogP contribution is -2.46. The number of ether oxygens (including phenoxy) is 1. The molecule has 1 heterocycles. The molecule has 0 aromatic rings. The summed E-state index contributed by atoms with van der Waals surface area (Å²) in [4.78, 5) is 13.5. The van der Waals surface area contributed by atoms with Gasteiger partial charge in [-0.15, -0.1) is 0 Å². The van der Waals surface area contributed by atoms with Gasteiger partial charge < -0.3 is 10.1 Å². The van der Waals surface area contributed by atoms with Gasteiger partial charge in [-0.2, -0.15) is 5.26 Å². The quantitative estimate of drug-likeness (QED) is 0.650. The van der Waals surface area contributed by atoms with Crippen LogP contribution in [0.15, 0.2) is 0 Å². The Morgan fingerprint density at radius 3 is 3.20 bits per heavy atom. The van der Waals surface area contributed by atoms with Crippen molar-refractivity contribution >= 4 is 5.91 Å². The highest BCUT2D eigenvalue weighted by atomic mass is 16.5. The number of amides is 1. The number of rotatable bonds is 4. The Morgan fingerprint density at radius 1 is 1.73 bits per heavy atom. The first-order valence-electron chi connectivity index (χ1n) is 5.20. The van der Waals surface area contributed by atoms with Crippen molar-refractivity contribution in [3.8, 4) is 6.07 Å². The van der Waals surface area contributed by atoms with Crippen LogP contribution in [0.3, 0.4) is 0 Å². The minimum atomic E-state index is -0.0145. The van der Waals surface area contributed by atoms with E-state index < -0.39 is 0 Å². The first-order chi connectivity index (χ1) is 7.22. The Kier molecular flexibility index (Phi) is 5.08. The van der Waals surface area contributed by atoms with Crippen LogP contribution < -0.4 is 5.32 Å². The summed E-state index contributed by atoms with van der Waals surface area (Å²) in [6.07, 6.45) is 0.566. The molecule has 0 aromatic heterocycles. The molecule has 5 heteroatoms. The van der Waals surface area contributed by atoms with Crippen LogP contribution in [-0.2, 0) is 9.53 Å². The smallest absolute Gasteiger partial charge is 0.234 e. The number of carbonyl (C=O) groups is 1. The molecule has 15 heavy (non-hydrogen) atoms. The van der Waals surface area contributed by atoms with E-state index >= 15 is 0 Å². The Morgan fingerprint density at radius 2 is 2.53 bits per heavy atom. The van der Waals surface area contributed by atoms with Crippen LogP contribution in [0.4, 0.5) is 0 Å². The van der Waals surface area contributed by atoms with E-state index in [0.717, 1.165) is 13.1 Å². The number of hydrogen-bond acceptors (Lipinski definition) is 4. The monoisotopic (exact) mass is 211 g/mol. The summed E-state index contributed by atoms with van der Waals surface area (Å²) in [5.74, 6) is -0.0145. The number of nitriles is 1. The van der Waals surface area contributed by atoms with E-state index in [0.29, 0.717) is 26.1 Å². The molecule has 1 N–H and O–H groups in total. The van der Waals surface area contributed by atoms with Crippen LogP contribution in [0.5, 0.6) is 0 Å². The Labute approximate surface area is 90.0 Å². The second kappa shape index (κ2) is 6.38. The van der Waals surface area contributed by atoms with Gasteiger partial charge in [0.05, 0.1) is 31.7 Å². The van der Waals surface area contributed by atoms with E-state index in [4.69, 9.17) is 10.00 Å². The van der Waals surface area contributed by atoms with Crippen molar-refractivity contribution in [2.75, 3.05) is 32.8 Å². The number of carbonyl (C=O) groups excluding carboxylic acids is 1. The van der Waals surface area contributed by atoms with Crippen molar-refractivity contribution in [1.29, 1.82) is 5.26 Å². The molecule has 0 unspecified atom stereocenters. The van der Waals surface area contributed by atoms with E-state index in [-0.39, 0.29) is 12.0 Å². The summed E-state index contributed by atoms with van der Waals surface area (Å²) in [5, 5.41) is 11.0. The van der Waals surface area contributed by atoms with Crippen LogP contribution in [-0.4, -0.2) is 49.7 Å². The Hall–Kier alpha value is -1.12. The van der Waals surface area contributed by atoms with Gasteiger partial charge >= 0.3 is 0 Å². The van der Waals surface area contributed by atoms with Gasteiger partial charge in [-0.1, -0.05) is 0 Å². The molecule has 0 aromatic carbocycles. The maximum Gasteiger partial charge on any atom is 0.234 e. The van der Waals surface area contributed by atoms with Gasteiger partial charge in [0, 0.05) is 19.6 Å². The van der Waals surface area contributed by atoms with Gasteiger partial charge in [-0.25, -0.2) is 0 Å². The third kappa shape index (κ3) is 4.77. The van der Waals surface area contributed by atoms with E-state index in [1.807, 2.05) is 13.0 Å². The standard InChI is InChI=1S/C10H17N3O2/c1-9-7-13(5-6-15-9)8-10(14)12-4-2-3-11/h9H,2,4-8H2,1H3,(H,12,14)/t9-/m1/s1. The molecule has 84 valence electrons. The van der Waals surface area contributed by atoms with Crippen molar-refractivity contribution in [3.05, 3.63) is 0 Å². The number of hydrogen-bond donors (Lipinski definition) is 1. The molecule has 1 rings (SSSR count). The summed E-state index contributed by atoms with van der Waals surface area (Å²) in [5.41, 5.74) is 0. The number of nitrogens with zero attached hydrogens (tertiary/aromatic N) is 2. The molecular weight excluding hydrogens is 194 g/mol. The van der Waals surface area contributed by atoms with Crippen LogP contribution in [0.2, 0.25) is 0 Å². The first kappa shape index (κ1) is 12.0. The zero-order chi connectivity index (χ0) is 11.1. The highest BCUT2D eigenvalue weighted by Gasteiger charge is 2.18. The summed E-state index contributed by atoms with van der Waals surface area (Å²) < 4.78 is 5.37. The summed E-state index contributed by atoms with van der Waals surface area (Å²) in [6.45, 7) is 5.13. The minimum Gasteiger partial charge on any atom is -0.376 e. The molecular formula is C10H17N3O2. The predicted octanol–water partition coefficient (Wildman–Crippen LogP) is -0.263. The summed E-state index contributed by atoms with van der Waals surface area (Å²) in [7, 11) is 0. The van der Waals surface area contributed by atoms with E-state index in [9.17, 15) is 4.79 Å². The predicted molar refractivity (Wildman–Crippen MR) is 55.1 cm³/mol. The SMILES string of the molecule is C[C@@H]1CN(CC(=O)NCCC#N)CCO1. The van der Waals surface area contributed by atoms with Gasteiger partial charge in [0.25, 0.3) is 0 Å². The fourth-order valence-electron chi connectivity index (χ4n) is 1.55. The highest BCUT2D eigenvalue weighted by molar-refractivity contribution is 5.78. The first-order valence-corrected chi connectivity index (χ1v) is 5.20. The molecule has 1 aliphatic rings. The van der Waals surface area contributed by atoms with Crippen LogP contribution >= 0.6 is 0 Å². The van der Waals surface area contributed by atoms with E-state index in [2.05, 4.69) is 10.2 Å². The maximum absolute atomic E-state index is 11.4. The Balaban J connectivity index is 2.16. The van der Waals surface area contributed by atoms with Crippen molar-refractivity contribution in [2.24, 2.45) is 0 Å². The highest BCUT2D eigenvalue weighted by Crippen LogP contribution is 2.03. The summed E-state index contributed by atoms with van der Waals surface area (Å²) in [6, 6.07) is 1.99. The average Bonchev–Trinajstić information content (AvgIpc) is 2.18. The third-order valence-electron chi connectivity index (χ3n) is 2.25. The number of nitrogens with one attached hydrogen (secondary N) is 1. The number of morpholine rings is 1. The lowest BCUT2D eigenvalue weighted by atomic mass is 10.3. The normalized spacial score (nSPS) is 22.0. The molecule has 0 spiro atoms. The van der Waals surface area contributed by atoms with Crippen LogP contribution in [0.1, 0.15) is 13.3 Å². The van der Waals surface area contributed by atoms with Crippen molar-refractivity contribution in [1.82, 2.24) is 10.2 Å². The largest absolute Gasteiger partial charge is 0.376 e. The molecule has 0 saturated carbocycles. The fraction of sp³-hybridized carbons (Fsp3) is 0.800. The second-order valence-corrected chi connectivity index (χ2v) is 3.67. The lowest BCUT2D eigenvalue weighted by Gasteiger charge is -2.30. The van der Waals surface area contributed by atoms with Crippen LogP contribution in [0.25, 0.3) is 0 Å². The van der Waals surface area contributed by atoms with Crippen molar-refractivity contribution in [2.45, 2.75) is 19.4 Å². The molecule has 1 aliphatic heterocycles. The molecule has 0 bridgehead atoms. The second-order valence-electron chi connectivity index (χ2n) is 3.67. The third-order valence-corrected chi connectivity index (χ3v) is 2.25. The topological polar surface area (TPSA) is 65.4 Å². The Bertz CT molecular complexity index is 250. The average molecular weight is 211 g/mol. The minimum absolute atomic E-state index is 0.0145. The molecule has 1 saturated heterocycles.